The molecule has 3 aromatic carbocycles. The van der Waals surface area contributed by atoms with Crippen LogP contribution in [0, 0.1) is 0 Å². The predicted octanol–water partition coefficient (Wildman–Crippen LogP) is 2.45. The van der Waals surface area contributed by atoms with E-state index in [9.17, 15) is 20.3 Å². The zero-order chi connectivity index (χ0) is 17.4. The van der Waals surface area contributed by atoms with Crippen molar-refractivity contribution >= 4 is 33.2 Å². The van der Waals surface area contributed by atoms with Crippen LogP contribution in [0.25, 0.3) is 21.5 Å². The SMILES string of the molecule is COC(=O)c1cc([O-])c(OC)c2c1c(N(O)O)cc1ccccc12. The van der Waals surface area contributed by atoms with E-state index in [4.69, 9.17) is 9.47 Å². The van der Waals surface area contributed by atoms with Crippen LogP contribution in [0.2, 0.25) is 0 Å². The van der Waals surface area contributed by atoms with Gasteiger partial charge in [-0.3, -0.25) is 10.4 Å². The third kappa shape index (κ3) is 2.27. The smallest absolute Gasteiger partial charge is 0.338 e. The number of anilines is 1. The van der Waals surface area contributed by atoms with Crippen molar-refractivity contribution in [3.8, 4) is 11.5 Å². The largest absolute Gasteiger partial charge is 0.870 e. The van der Waals surface area contributed by atoms with Gasteiger partial charge in [-0.15, -0.1) is 5.23 Å². The molecule has 24 heavy (non-hydrogen) atoms. The molecule has 7 heteroatoms. The Morgan fingerprint density at radius 1 is 1.12 bits per heavy atom. The first-order chi connectivity index (χ1) is 11.5. The molecule has 0 bridgehead atoms. The monoisotopic (exact) mass is 328 g/mol. The zero-order valence-corrected chi connectivity index (χ0v) is 12.9. The van der Waals surface area contributed by atoms with E-state index in [-0.39, 0.29) is 27.6 Å². The van der Waals surface area contributed by atoms with Gasteiger partial charge in [0.1, 0.15) is 11.4 Å². The fourth-order valence-corrected chi connectivity index (χ4v) is 2.86. The summed E-state index contributed by atoms with van der Waals surface area (Å²) >= 11 is 0. The van der Waals surface area contributed by atoms with E-state index in [1.807, 2.05) is 0 Å². The van der Waals surface area contributed by atoms with Gasteiger partial charge in [0.2, 0.25) is 0 Å². The van der Waals surface area contributed by atoms with Crippen LogP contribution >= 0.6 is 0 Å². The van der Waals surface area contributed by atoms with Crippen molar-refractivity contribution in [2.24, 2.45) is 0 Å². The minimum atomic E-state index is -0.766. The lowest BCUT2D eigenvalue weighted by molar-refractivity contribution is -0.269. The van der Waals surface area contributed by atoms with Crippen LogP contribution in [-0.4, -0.2) is 30.6 Å². The first-order valence-electron chi connectivity index (χ1n) is 6.99. The summed E-state index contributed by atoms with van der Waals surface area (Å²) in [6.45, 7) is 0. The third-order valence-corrected chi connectivity index (χ3v) is 3.85. The van der Waals surface area contributed by atoms with Crippen molar-refractivity contribution < 1.29 is 29.8 Å². The van der Waals surface area contributed by atoms with E-state index in [2.05, 4.69) is 0 Å². The average molecular weight is 328 g/mol. The lowest BCUT2D eigenvalue weighted by Crippen LogP contribution is -2.14. The highest BCUT2D eigenvalue weighted by Gasteiger charge is 2.22. The van der Waals surface area contributed by atoms with Gasteiger partial charge >= 0.3 is 5.97 Å². The first kappa shape index (κ1) is 15.9. The molecular weight excluding hydrogens is 314 g/mol. The van der Waals surface area contributed by atoms with Gasteiger partial charge in [-0.1, -0.05) is 36.1 Å². The predicted molar refractivity (Wildman–Crippen MR) is 84.8 cm³/mol. The maximum Gasteiger partial charge on any atom is 0.338 e. The second kappa shape index (κ2) is 5.88. The number of hydrogen-bond donors (Lipinski definition) is 2. The Bertz CT molecular complexity index is 951. The van der Waals surface area contributed by atoms with Crippen molar-refractivity contribution in [1.82, 2.24) is 0 Å². The van der Waals surface area contributed by atoms with Crippen LogP contribution in [0.15, 0.2) is 36.4 Å². The van der Waals surface area contributed by atoms with E-state index in [1.165, 1.54) is 20.3 Å². The standard InChI is InChI=1S/C17H15NO6/c1-23-16-13(19)8-11(17(20)24-2)14-12(18(21)22)7-9-5-3-4-6-10(9)15(14)16/h3-8,19,21-22H,1-2H3/p-1. The van der Waals surface area contributed by atoms with Gasteiger partial charge < -0.3 is 14.6 Å². The van der Waals surface area contributed by atoms with Gasteiger partial charge in [-0.25, -0.2) is 4.79 Å². The van der Waals surface area contributed by atoms with E-state index >= 15 is 0 Å². The zero-order valence-electron chi connectivity index (χ0n) is 12.9. The van der Waals surface area contributed by atoms with Crippen LogP contribution < -0.4 is 15.1 Å². The average Bonchev–Trinajstić information content (AvgIpc) is 2.59. The van der Waals surface area contributed by atoms with Crippen molar-refractivity contribution in [2.75, 3.05) is 19.4 Å². The minimum absolute atomic E-state index is 0.0116. The molecule has 0 aliphatic carbocycles. The second-order valence-corrected chi connectivity index (χ2v) is 5.10. The lowest BCUT2D eigenvalue weighted by atomic mass is 9.95. The highest BCUT2D eigenvalue weighted by molar-refractivity contribution is 6.22. The maximum absolute atomic E-state index is 12.4. The molecular formula is C17H14NO6-. The summed E-state index contributed by atoms with van der Waals surface area (Å²) < 4.78 is 9.94. The number of carbonyl (C=O) groups is 1. The topological polar surface area (TPSA) is 102 Å². The Balaban J connectivity index is 2.65. The van der Waals surface area contributed by atoms with Gasteiger partial charge in [0.15, 0.2) is 0 Å². The van der Waals surface area contributed by atoms with E-state index in [0.717, 1.165) is 6.07 Å². The normalized spacial score (nSPS) is 10.8. The molecule has 0 heterocycles. The minimum Gasteiger partial charge on any atom is -0.870 e. The quantitative estimate of drug-likeness (QED) is 0.432. The molecule has 0 radical (unpaired) electrons. The van der Waals surface area contributed by atoms with Crippen LogP contribution in [-0.2, 0) is 4.74 Å². The fourth-order valence-electron chi connectivity index (χ4n) is 2.86. The molecule has 2 N–H and O–H groups in total. The molecule has 0 fully saturated rings. The van der Waals surface area contributed by atoms with Crippen LogP contribution in [0.4, 0.5) is 5.69 Å². The van der Waals surface area contributed by atoms with Gasteiger partial charge in [0.25, 0.3) is 0 Å². The molecule has 0 saturated carbocycles. The Morgan fingerprint density at radius 3 is 2.46 bits per heavy atom. The third-order valence-electron chi connectivity index (χ3n) is 3.85. The number of carbonyl (C=O) groups excluding carboxylic acids is 1. The number of nitrogens with zero attached hydrogens (tertiary/aromatic N) is 1. The van der Waals surface area contributed by atoms with Gasteiger partial charge in [0, 0.05) is 10.8 Å². The van der Waals surface area contributed by atoms with Crippen molar-refractivity contribution in [3.05, 3.63) is 42.0 Å². The number of rotatable bonds is 3. The molecule has 7 nitrogen and oxygen atoms in total. The van der Waals surface area contributed by atoms with E-state index in [0.29, 0.717) is 16.2 Å². The van der Waals surface area contributed by atoms with E-state index < -0.39 is 11.7 Å². The second-order valence-electron chi connectivity index (χ2n) is 5.10. The van der Waals surface area contributed by atoms with Crippen LogP contribution in [0.5, 0.6) is 11.5 Å². The highest BCUT2D eigenvalue weighted by atomic mass is 16.8. The number of fused-ring (bicyclic) bond motifs is 3. The summed E-state index contributed by atoms with van der Waals surface area (Å²) in [4.78, 5) is 12.1. The van der Waals surface area contributed by atoms with Crippen molar-refractivity contribution in [2.45, 2.75) is 0 Å². The molecule has 0 aliphatic rings. The Hall–Kier alpha value is -3.03. The van der Waals surface area contributed by atoms with Crippen LogP contribution in [0.3, 0.4) is 0 Å². The molecule has 124 valence electrons. The van der Waals surface area contributed by atoms with Crippen LogP contribution in [0.1, 0.15) is 10.4 Å². The summed E-state index contributed by atoms with van der Waals surface area (Å²) in [5, 5.41) is 33.2. The number of hydrogen-bond acceptors (Lipinski definition) is 7. The van der Waals surface area contributed by atoms with Crippen molar-refractivity contribution in [1.29, 1.82) is 0 Å². The number of ether oxygens (including phenoxy) is 2. The molecule has 3 rings (SSSR count). The Labute approximate surface area is 136 Å². The molecule has 3 aromatic rings. The highest BCUT2D eigenvalue weighted by Crippen LogP contribution is 2.44. The molecule has 0 spiro atoms. The first-order valence-corrected chi connectivity index (χ1v) is 6.99. The molecule has 0 aromatic heterocycles. The number of esters is 1. The Morgan fingerprint density at radius 2 is 1.83 bits per heavy atom. The number of methoxy groups -OCH3 is 2. The van der Waals surface area contributed by atoms with Gasteiger partial charge in [-0.05, 0) is 16.8 Å². The van der Waals surface area contributed by atoms with E-state index in [1.54, 1.807) is 24.3 Å². The van der Waals surface area contributed by atoms with Gasteiger partial charge in [-0.2, -0.15) is 0 Å². The fraction of sp³-hybridized carbons (Fsp3) is 0.118. The summed E-state index contributed by atoms with van der Waals surface area (Å²) in [6, 6.07) is 9.60. The molecule has 0 atom stereocenters. The summed E-state index contributed by atoms with van der Waals surface area (Å²) in [6.07, 6.45) is 0. The molecule has 0 saturated heterocycles. The summed E-state index contributed by atoms with van der Waals surface area (Å²) in [5.74, 6) is -1.26. The Kier molecular flexibility index (Phi) is 3.88. The van der Waals surface area contributed by atoms with Gasteiger partial charge in [0.05, 0.1) is 19.8 Å². The number of benzene rings is 3. The van der Waals surface area contributed by atoms with Crippen molar-refractivity contribution in [3.63, 3.8) is 0 Å². The summed E-state index contributed by atoms with van der Waals surface area (Å²) in [7, 11) is 2.52. The molecule has 0 aliphatic heterocycles. The molecule has 0 amide bonds. The maximum atomic E-state index is 12.4. The summed E-state index contributed by atoms with van der Waals surface area (Å²) in [5.41, 5.74) is -0.144. The lowest BCUT2D eigenvalue weighted by Gasteiger charge is -2.22. The molecule has 0 unspecified atom stereocenters.